The van der Waals surface area contributed by atoms with Crippen molar-refractivity contribution in [3.05, 3.63) is 24.3 Å². The Bertz CT molecular complexity index is 283. The van der Waals surface area contributed by atoms with Gasteiger partial charge in [-0.2, -0.15) is 0 Å². The number of hydrogen-bond acceptors (Lipinski definition) is 2. The lowest BCUT2D eigenvalue weighted by atomic mass is 9.88. The van der Waals surface area contributed by atoms with Crippen LogP contribution >= 0.6 is 0 Å². The van der Waals surface area contributed by atoms with Gasteiger partial charge in [-0.15, -0.1) is 0 Å². The van der Waals surface area contributed by atoms with Gasteiger partial charge < -0.3 is 10.2 Å². The summed E-state index contributed by atoms with van der Waals surface area (Å²) in [5, 5.41) is 18.7. The third-order valence-electron chi connectivity index (χ3n) is 4.31. The SMILES string of the molecule is CC[C@H](O)[C@@H]1CC=C[C@H]1/C=C\CCCCCCCCO. The molecule has 3 atom stereocenters. The number of allylic oxidation sites excluding steroid dienone is 4. The van der Waals surface area contributed by atoms with E-state index in [4.69, 9.17) is 5.11 Å². The largest absolute Gasteiger partial charge is 0.396 e. The van der Waals surface area contributed by atoms with Crippen molar-refractivity contribution in [2.75, 3.05) is 6.61 Å². The summed E-state index contributed by atoms with van der Waals surface area (Å²) in [5.41, 5.74) is 0. The van der Waals surface area contributed by atoms with E-state index in [1.54, 1.807) is 0 Å². The molecule has 0 unspecified atom stereocenters. The number of rotatable bonds is 11. The van der Waals surface area contributed by atoms with Gasteiger partial charge in [-0.05, 0) is 38.0 Å². The highest BCUT2D eigenvalue weighted by Crippen LogP contribution is 2.30. The Balaban J connectivity index is 2.07. The molecule has 1 aliphatic carbocycles. The quantitative estimate of drug-likeness (QED) is 0.439. The first-order valence-corrected chi connectivity index (χ1v) is 8.41. The molecule has 2 N–H and O–H groups in total. The average molecular weight is 280 g/mol. The maximum absolute atomic E-state index is 9.98. The van der Waals surface area contributed by atoms with E-state index >= 15 is 0 Å². The van der Waals surface area contributed by atoms with E-state index in [0.717, 1.165) is 32.1 Å². The third kappa shape index (κ3) is 6.71. The van der Waals surface area contributed by atoms with Gasteiger partial charge in [0.2, 0.25) is 0 Å². The highest BCUT2D eigenvalue weighted by Gasteiger charge is 2.26. The summed E-state index contributed by atoms with van der Waals surface area (Å²) in [6, 6.07) is 0. The van der Waals surface area contributed by atoms with Gasteiger partial charge in [0.25, 0.3) is 0 Å². The van der Waals surface area contributed by atoms with Gasteiger partial charge in [-0.3, -0.25) is 0 Å². The minimum absolute atomic E-state index is 0.161. The molecule has 0 saturated heterocycles. The van der Waals surface area contributed by atoms with Crippen LogP contribution in [0, 0.1) is 11.8 Å². The van der Waals surface area contributed by atoms with Crippen LogP contribution in [0.1, 0.15) is 64.7 Å². The standard InChI is InChI=1S/C18H32O2/c1-2-18(20)17-14-11-13-16(17)12-9-7-5-3-4-6-8-10-15-19/h9,11-13,16-20H,2-8,10,14-15H2,1H3/b12-9-/t16-,17-,18+/m1/s1. The van der Waals surface area contributed by atoms with Gasteiger partial charge in [-0.1, -0.05) is 56.9 Å². The second-order valence-corrected chi connectivity index (χ2v) is 5.94. The van der Waals surface area contributed by atoms with E-state index in [2.05, 4.69) is 31.2 Å². The molecule has 0 saturated carbocycles. The first-order valence-electron chi connectivity index (χ1n) is 8.41. The van der Waals surface area contributed by atoms with E-state index < -0.39 is 0 Å². The number of aliphatic hydroxyl groups excluding tert-OH is 2. The summed E-state index contributed by atoms with van der Waals surface area (Å²) in [6.07, 6.45) is 19.1. The fraction of sp³-hybridized carbons (Fsp3) is 0.778. The summed E-state index contributed by atoms with van der Waals surface area (Å²) < 4.78 is 0. The second kappa shape index (κ2) is 11.1. The Kier molecular flexibility index (Phi) is 9.69. The molecule has 0 radical (unpaired) electrons. The first-order chi connectivity index (χ1) is 9.79. The minimum atomic E-state index is -0.161. The van der Waals surface area contributed by atoms with Crippen LogP contribution in [0.5, 0.6) is 0 Å². The van der Waals surface area contributed by atoms with Crippen LogP contribution in [0.4, 0.5) is 0 Å². The lowest BCUT2D eigenvalue weighted by molar-refractivity contribution is 0.0965. The zero-order valence-corrected chi connectivity index (χ0v) is 13.0. The van der Waals surface area contributed by atoms with Crippen LogP contribution in [-0.4, -0.2) is 22.9 Å². The number of aliphatic hydroxyl groups is 2. The van der Waals surface area contributed by atoms with Crippen LogP contribution in [0.15, 0.2) is 24.3 Å². The number of hydrogen-bond donors (Lipinski definition) is 2. The Morgan fingerprint density at radius 1 is 1.15 bits per heavy atom. The van der Waals surface area contributed by atoms with Gasteiger partial charge in [-0.25, -0.2) is 0 Å². The molecule has 0 aromatic carbocycles. The molecular formula is C18H32O2. The molecule has 0 fully saturated rings. The van der Waals surface area contributed by atoms with Crippen LogP contribution in [0.2, 0.25) is 0 Å². The van der Waals surface area contributed by atoms with Gasteiger partial charge in [0.05, 0.1) is 6.10 Å². The van der Waals surface area contributed by atoms with E-state index in [1.165, 1.54) is 25.7 Å². The van der Waals surface area contributed by atoms with E-state index in [0.29, 0.717) is 18.4 Å². The zero-order valence-electron chi connectivity index (χ0n) is 13.0. The van der Waals surface area contributed by atoms with Crippen molar-refractivity contribution in [2.45, 2.75) is 70.8 Å². The smallest absolute Gasteiger partial charge is 0.0577 e. The molecule has 1 aliphatic rings. The third-order valence-corrected chi connectivity index (χ3v) is 4.31. The average Bonchev–Trinajstić information content (AvgIpc) is 2.93. The van der Waals surface area contributed by atoms with Crippen molar-refractivity contribution in [1.82, 2.24) is 0 Å². The summed E-state index contributed by atoms with van der Waals surface area (Å²) in [5.74, 6) is 0.837. The van der Waals surface area contributed by atoms with E-state index in [9.17, 15) is 5.11 Å². The van der Waals surface area contributed by atoms with Crippen LogP contribution in [-0.2, 0) is 0 Å². The molecule has 0 aliphatic heterocycles. The fourth-order valence-corrected chi connectivity index (χ4v) is 2.95. The Morgan fingerprint density at radius 2 is 1.85 bits per heavy atom. The van der Waals surface area contributed by atoms with Crippen molar-refractivity contribution in [1.29, 1.82) is 0 Å². The molecule has 0 heterocycles. The maximum atomic E-state index is 9.98. The number of unbranched alkanes of at least 4 members (excludes halogenated alkanes) is 6. The highest BCUT2D eigenvalue weighted by molar-refractivity contribution is 5.11. The van der Waals surface area contributed by atoms with Crippen LogP contribution < -0.4 is 0 Å². The molecule has 2 nitrogen and oxygen atoms in total. The summed E-state index contributed by atoms with van der Waals surface area (Å²) in [6.45, 7) is 2.39. The van der Waals surface area contributed by atoms with Crippen molar-refractivity contribution < 1.29 is 10.2 Å². The predicted octanol–water partition coefficient (Wildman–Crippen LogP) is 4.23. The van der Waals surface area contributed by atoms with Crippen LogP contribution in [0.25, 0.3) is 0 Å². The van der Waals surface area contributed by atoms with E-state index in [1.807, 2.05) is 0 Å². The van der Waals surface area contributed by atoms with Crippen LogP contribution in [0.3, 0.4) is 0 Å². The van der Waals surface area contributed by atoms with Gasteiger partial charge in [0.15, 0.2) is 0 Å². The summed E-state index contributed by atoms with van der Waals surface area (Å²) in [7, 11) is 0. The topological polar surface area (TPSA) is 40.5 Å². The lowest BCUT2D eigenvalue weighted by Gasteiger charge is -2.21. The Labute approximate surface area is 124 Å². The Morgan fingerprint density at radius 3 is 2.55 bits per heavy atom. The molecular weight excluding hydrogens is 248 g/mol. The fourth-order valence-electron chi connectivity index (χ4n) is 2.95. The summed E-state index contributed by atoms with van der Waals surface area (Å²) >= 11 is 0. The zero-order chi connectivity index (χ0) is 14.6. The monoisotopic (exact) mass is 280 g/mol. The van der Waals surface area contributed by atoms with Gasteiger partial charge in [0, 0.05) is 12.5 Å². The van der Waals surface area contributed by atoms with Crippen molar-refractivity contribution in [3.8, 4) is 0 Å². The molecule has 0 aromatic rings. The first kappa shape index (κ1) is 17.5. The molecule has 1 rings (SSSR count). The van der Waals surface area contributed by atoms with Crippen molar-refractivity contribution >= 4 is 0 Å². The van der Waals surface area contributed by atoms with Crippen molar-refractivity contribution in [3.63, 3.8) is 0 Å². The highest BCUT2D eigenvalue weighted by atomic mass is 16.3. The second-order valence-electron chi connectivity index (χ2n) is 5.94. The van der Waals surface area contributed by atoms with E-state index in [-0.39, 0.29) is 6.10 Å². The molecule has 20 heavy (non-hydrogen) atoms. The molecule has 0 spiro atoms. The molecule has 2 heteroatoms. The molecule has 0 amide bonds. The normalized spacial score (nSPS) is 23.8. The molecule has 116 valence electrons. The van der Waals surface area contributed by atoms with Gasteiger partial charge >= 0.3 is 0 Å². The minimum Gasteiger partial charge on any atom is -0.396 e. The van der Waals surface area contributed by atoms with Gasteiger partial charge in [0.1, 0.15) is 0 Å². The summed E-state index contributed by atoms with van der Waals surface area (Å²) in [4.78, 5) is 0. The molecule has 0 bridgehead atoms. The molecule has 0 aromatic heterocycles. The van der Waals surface area contributed by atoms with Crippen molar-refractivity contribution in [2.24, 2.45) is 11.8 Å². The lowest BCUT2D eigenvalue weighted by Crippen LogP contribution is -2.22. The predicted molar refractivity (Wildman–Crippen MR) is 85.6 cm³/mol. The Hall–Kier alpha value is -0.600. The maximum Gasteiger partial charge on any atom is 0.0577 e.